The van der Waals surface area contributed by atoms with Crippen LogP contribution in [0.15, 0.2) is 0 Å². The number of ketones is 1. The second kappa shape index (κ2) is 14.4. The molecular weight excluding hydrogens is 355 g/mol. The van der Waals surface area contributed by atoms with E-state index in [0.29, 0.717) is 6.42 Å². The van der Waals surface area contributed by atoms with Gasteiger partial charge in [-0.1, -0.05) is 58.3 Å². The van der Waals surface area contributed by atoms with Crippen molar-refractivity contribution in [2.24, 2.45) is 11.8 Å². The first-order chi connectivity index (χ1) is 12.3. The van der Waals surface area contributed by atoms with Crippen molar-refractivity contribution in [2.75, 3.05) is 20.4 Å². The fraction of sp³-hybridized carbons (Fsp3) is 0.895. The number of hydrogen-bond acceptors (Lipinski definition) is 5. The van der Waals surface area contributed by atoms with E-state index in [4.69, 9.17) is 4.74 Å². The van der Waals surface area contributed by atoms with Gasteiger partial charge in [-0.3, -0.25) is 14.2 Å². The lowest BCUT2D eigenvalue weighted by atomic mass is 9.83. The molecule has 0 saturated heterocycles. The van der Waals surface area contributed by atoms with Gasteiger partial charge in [-0.2, -0.15) is 0 Å². The molecule has 0 aromatic heterocycles. The average Bonchev–Trinajstić information content (AvgIpc) is 2.60. The smallest absolute Gasteiger partial charge is 0.327 e. The third-order valence-corrected chi connectivity index (χ3v) is 6.25. The first kappa shape index (κ1) is 25.3. The minimum Gasteiger partial charge on any atom is -0.468 e. The Bertz CT molecular complexity index is 451. The molecule has 0 fully saturated rings. The van der Waals surface area contributed by atoms with Crippen LogP contribution in [0.5, 0.6) is 0 Å². The maximum absolute atomic E-state index is 12.0. The summed E-state index contributed by atoms with van der Waals surface area (Å²) in [6, 6.07) is 0. The Hall–Kier alpha value is -0.710. The molecule has 7 heteroatoms. The fourth-order valence-electron chi connectivity index (χ4n) is 3.26. The normalized spacial score (nSPS) is 15.9. The van der Waals surface area contributed by atoms with E-state index in [1.165, 1.54) is 53.2 Å². The predicted molar refractivity (Wildman–Crippen MR) is 103 cm³/mol. The molecule has 0 radical (unpaired) electrons. The first-order valence-corrected chi connectivity index (χ1v) is 11.5. The van der Waals surface area contributed by atoms with Crippen molar-refractivity contribution in [2.45, 2.75) is 78.1 Å². The van der Waals surface area contributed by atoms with E-state index < -0.39 is 19.5 Å². The van der Waals surface area contributed by atoms with Crippen LogP contribution < -0.4 is 0 Å². The van der Waals surface area contributed by atoms with Crippen LogP contribution in [0.2, 0.25) is 0 Å². The molecule has 0 saturated carbocycles. The van der Waals surface area contributed by atoms with Crippen molar-refractivity contribution in [1.29, 1.82) is 0 Å². The van der Waals surface area contributed by atoms with Crippen molar-refractivity contribution in [1.82, 2.24) is 0 Å². The van der Waals surface area contributed by atoms with Crippen molar-refractivity contribution in [3.63, 3.8) is 0 Å². The van der Waals surface area contributed by atoms with Gasteiger partial charge in [0.25, 0.3) is 0 Å². The molecule has 0 aliphatic heterocycles. The van der Waals surface area contributed by atoms with Gasteiger partial charge in [0.15, 0.2) is 0 Å². The lowest BCUT2D eigenvalue weighted by Gasteiger charge is -2.24. The number of methoxy groups -OCH3 is 1. The molecule has 0 aliphatic rings. The molecule has 3 atom stereocenters. The van der Waals surface area contributed by atoms with Gasteiger partial charge in [-0.15, -0.1) is 0 Å². The molecule has 0 heterocycles. The molecule has 26 heavy (non-hydrogen) atoms. The Morgan fingerprint density at radius 2 is 1.50 bits per heavy atom. The Labute approximate surface area is 158 Å². The molecule has 0 aromatic carbocycles. The van der Waals surface area contributed by atoms with Crippen LogP contribution in [0.1, 0.15) is 78.1 Å². The third-order valence-electron chi connectivity index (χ3n) is 4.86. The fourth-order valence-corrected chi connectivity index (χ4v) is 4.10. The van der Waals surface area contributed by atoms with E-state index in [0.717, 1.165) is 19.3 Å². The standard InChI is InChI=1S/C19H37O6P/c1-5-6-7-8-9-10-11-12-13-17(14-15-26(22,23)25-4)18(16(2)20)19(21)24-3/h17-18H,5-15H2,1-4H3,(H,22,23)/t17-,18?/m0/s1. The minimum atomic E-state index is -3.66. The molecule has 2 unspecified atom stereocenters. The number of unbranched alkanes of at least 4 members (excludes halogenated alkanes) is 7. The van der Waals surface area contributed by atoms with E-state index >= 15 is 0 Å². The van der Waals surface area contributed by atoms with Crippen LogP contribution in [0.25, 0.3) is 0 Å². The maximum Gasteiger partial charge on any atom is 0.327 e. The monoisotopic (exact) mass is 392 g/mol. The van der Waals surface area contributed by atoms with E-state index in [1.807, 2.05) is 0 Å². The predicted octanol–water partition coefficient (Wildman–Crippen LogP) is 4.73. The Morgan fingerprint density at radius 3 is 1.96 bits per heavy atom. The molecule has 6 nitrogen and oxygen atoms in total. The second-order valence-corrected chi connectivity index (χ2v) is 9.05. The summed E-state index contributed by atoms with van der Waals surface area (Å²) in [6.07, 6.45) is 10.2. The van der Waals surface area contributed by atoms with Crippen LogP contribution in [0.3, 0.4) is 0 Å². The molecule has 154 valence electrons. The number of rotatable bonds is 16. The van der Waals surface area contributed by atoms with Gasteiger partial charge in [0.05, 0.1) is 13.3 Å². The van der Waals surface area contributed by atoms with Gasteiger partial charge in [-0.25, -0.2) is 0 Å². The zero-order valence-electron chi connectivity index (χ0n) is 16.9. The van der Waals surface area contributed by atoms with Crippen LogP contribution in [0.4, 0.5) is 0 Å². The Morgan fingerprint density at radius 1 is 0.962 bits per heavy atom. The number of carbonyl (C=O) groups is 2. The summed E-state index contributed by atoms with van der Waals surface area (Å²) in [4.78, 5) is 33.6. The third kappa shape index (κ3) is 11.1. The van der Waals surface area contributed by atoms with Crippen LogP contribution in [-0.2, 0) is 23.4 Å². The molecule has 0 rings (SSSR count). The van der Waals surface area contributed by atoms with Gasteiger partial charge in [0.1, 0.15) is 11.7 Å². The molecule has 0 aliphatic carbocycles. The van der Waals surface area contributed by atoms with Gasteiger partial charge < -0.3 is 14.2 Å². The zero-order valence-corrected chi connectivity index (χ0v) is 17.8. The highest BCUT2D eigenvalue weighted by molar-refractivity contribution is 7.52. The van der Waals surface area contributed by atoms with Gasteiger partial charge >= 0.3 is 13.6 Å². The summed E-state index contributed by atoms with van der Waals surface area (Å²) in [5.41, 5.74) is 0. The molecule has 1 N–H and O–H groups in total. The lowest BCUT2D eigenvalue weighted by molar-refractivity contribution is -0.151. The van der Waals surface area contributed by atoms with E-state index in [2.05, 4.69) is 11.4 Å². The summed E-state index contributed by atoms with van der Waals surface area (Å²) in [6.45, 7) is 3.57. The highest BCUT2D eigenvalue weighted by atomic mass is 31.2. The number of Topliss-reactive ketones (excluding diaryl/α,β-unsaturated/α-hetero) is 1. The zero-order chi connectivity index (χ0) is 20.0. The highest BCUT2D eigenvalue weighted by Crippen LogP contribution is 2.43. The lowest BCUT2D eigenvalue weighted by Crippen LogP contribution is -2.31. The van der Waals surface area contributed by atoms with E-state index in [1.54, 1.807) is 0 Å². The van der Waals surface area contributed by atoms with Gasteiger partial charge in [0, 0.05) is 7.11 Å². The topological polar surface area (TPSA) is 89.9 Å². The second-order valence-electron chi connectivity index (χ2n) is 6.97. The van der Waals surface area contributed by atoms with Gasteiger partial charge in [0.2, 0.25) is 0 Å². The summed E-state index contributed by atoms with van der Waals surface area (Å²) in [5.74, 6) is -1.99. The summed E-state index contributed by atoms with van der Waals surface area (Å²) in [7, 11) is -1.21. The Balaban J connectivity index is 4.60. The summed E-state index contributed by atoms with van der Waals surface area (Å²) >= 11 is 0. The first-order valence-electron chi connectivity index (χ1n) is 9.74. The largest absolute Gasteiger partial charge is 0.468 e. The molecule has 0 aromatic rings. The number of hydrogen-bond donors (Lipinski definition) is 1. The minimum absolute atomic E-state index is 0.0635. The molecular formula is C19H37O6P. The Kier molecular flexibility index (Phi) is 14.0. The van der Waals surface area contributed by atoms with Crippen molar-refractivity contribution in [3.8, 4) is 0 Å². The number of esters is 1. The van der Waals surface area contributed by atoms with E-state index in [-0.39, 0.29) is 24.3 Å². The van der Waals surface area contributed by atoms with Crippen LogP contribution in [0, 0.1) is 11.8 Å². The van der Waals surface area contributed by atoms with Crippen molar-refractivity contribution in [3.05, 3.63) is 0 Å². The van der Waals surface area contributed by atoms with Crippen molar-refractivity contribution >= 4 is 19.3 Å². The van der Waals surface area contributed by atoms with E-state index in [9.17, 15) is 19.0 Å². The quantitative estimate of drug-likeness (QED) is 0.177. The highest BCUT2D eigenvalue weighted by Gasteiger charge is 2.34. The van der Waals surface area contributed by atoms with Crippen LogP contribution in [-0.4, -0.2) is 37.0 Å². The van der Waals surface area contributed by atoms with Crippen LogP contribution >= 0.6 is 7.60 Å². The summed E-state index contributed by atoms with van der Waals surface area (Å²) in [5, 5.41) is 0. The maximum atomic E-state index is 12.0. The average molecular weight is 392 g/mol. The molecule has 0 spiro atoms. The van der Waals surface area contributed by atoms with Gasteiger partial charge in [-0.05, 0) is 25.7 Å². The SMILES string of the molecule is CCCCCCCCCC[C@@H](CCP(=O)(O)OC)C(C(C)=O)C(=O)OC. The molecule has 0 amide bonds. The number of ether oxygens (including phenoxy) is 1. The number of carbonyl (C=O) groups excluding carboxylic acids is 2. The summed E-state index contributed by atoms with van der Waals surface area (Å²) < 4.78 is 21.1. The van der Waals surface area contributed by atoms with Crippen molar-refractivity contribution < 1.29 is 28.3 Å². The molecule has 0 bridgehead atoms.